The Morgan fingerprint density at radius 2 is 1.65 bits per heavy atom. The van der Waals surface area contributed by atoms with Gasteiger partial charge in [0.2, 0.25) is 5.43 Å². The van der Waals surface area contributed by atoms with Crippen molar-refractivity contribution in [1.29, 1.82) is 0 Å². The first-order valence-corrected chi connectivity index (χ1v) is 6.59. The van der Waals surface area contributed by atoms with Crippen molar-refractivity contribution in [2.24, 2.45) is 0 Å². The molecule has 20 heavy (non-hydrogen) atoms. The maximum Gasteiger partial charge on any atom is 0.200 e. The van der Waals surface area contributed by atoms with Gasteiger partial charge >= 0.3 is 0 Å². The largest absolute Gasteiger partial charge is 0.455 e. The Hall–Kier alpha value is -2.61. The lowest BCUT2D eigenvalue weighted by Gasteiger charge is -2.05. The number of aryl methyl sites for hydroxylation is 1. The number of hydrogen-bond donors (Lipinski definition) is 0. The Balaban J connectivity index is 2.33. The first kappa shape index (κ1) is 11.2. The summed E-state index contributed by atoms with van der Waals surface area (Å²) in [5.41, 5.74) is 2.50. The van der Waals surface area contributed by atoms with Crippen LogP contribution in [-0.4, -0.2) is 0 Å². The van der Waals surface area contributed by atoms with Gasteiger partial charge in [-0.05, 0) is 36.6 Å². The standard InChI is InChI=1S/C18H12O2/c1-11-6-7-12-8-9-14-17(19)13-4-2-3-5-16(13)20-18(14)15(12)10-11/h2-10H,1H3. The Labute approximate surface area is 115 Å². The quantitative estimate of drug-likeness (QED) is 0.346. The second-order valence-electron chi connectivity index (χ2n) is 5.09. The second-order valence-corrected chi connectivity index (χ2v) is 5.09. The van der Waals surface area contributed by atoms with E-state index in [9.17, 15) is 4.79 Å². The number of fused-ring (bicyclic) bond motifs is 4. The van der Waals surface area contributed by atoms with Crippen molar-refractivity contribution in [1.82, 2.24) is 0 Å². The molecular formula is C18H12O2. The van der Waals surface area contributed by atoms with Crippen LogP contribution in [0, 0.1) is 6.92 Å². The summed E-state index contributed by atoms with van der Waals surface area (Å²) in [6, 6.07) is 17.4. The highest BCUT2D eigenvalue weighted by molar-refractivity contribution is 6.06. The van der Waals surface area contributed by atoms with Crippen LogP contribution in [0.15, 0.2) is 63.8 Å². The van der Waals surface area contributed by atoms with Crippen molar-refractivity contribution in [2.75, 3.05) is 0 Å². The smallest absolute Gasteiger partial charge is 0.200 e. The molecule has 0 unspecified atom stereocenters. The molecule has 0 N–H and O–H groups in total. The van der Waals surface area contributed by atoms with Gasteiger partial charge in [-0.1, -0.05) is 35.9 Å². The maximum atomic E-state index is 12.6. The Kier molecular flexibility index (Phi) is 2.21. The van der Waals surface area contributed by atoms with Crippen LogP contribution >= 0.6 is 0 Å². The summed E-state index contributed by atoms with van der Waals surface area (Å²) < 4.78 is 6.00. The first-order valence-electron chi connectivity index (χ1n) is 6.59. The van der Waals surface area contributed by atoms with E-state index in [1.165, 1.54) is 0 Å². The molecule has 0 amide bonds. The monoisotopic (exact) mass is 260 g/mol. The van der Waals surface area contributed by atoms with Crippen LogP contribution in [0.5, 0.6) is 0 Å². The molecule has 1 aromatic heterocycles. The zero-order valence-corrected chi connectivity index (χ0v) is 11.0. The van der Waals surface area contributed by atoms with E-state index in [4.69, 9.17) is 4.42 Å². The molecule has 0 fully saturated rings. The third kappa shape index (κ3) is 1.48. The second kappa shape index (κ2) is 3.94. The molecule has 0 saturated carbocycles. The average Bonchev–Trinajstić information content (AvgIpc) is 2.47. The van der Waals surface area contributed by atoms with Crippen LogP contribution in [0.2, 0.25) is 0 Å². The zero-order chi connectivity index (χ0) is 13.7. The van der Waals surface area contributed by atoms with Gasteiger partial charge in [-0.25, -0.2) is 0 Å². The minimum absolute atomic E-state index is 0.0326. The van der Waals surface area contributed by atoms with Gasteiger partial charge in [0.15, 0.2) is 0 Å². The third-order valence-corrected chi connectivity index (χ3v) is 3.72. The van der Waals surface area contributed by atoms with E-state index in [1.807, 2.05) is 37.3 Å². The molecule has 0 atom stereocenters. The predicted octanol–water partition coefficient (Wildman–Crippen LogP) is 4.41. The average molecular weight is 260 g/mol. The fraction of sp³-hybridized carbons (Fsp3) is 0.0556. The predicted molar refractivity (Wildman–Crippen MR) is 82.2 cm³/mol. The molecule has 0 radical (unpaired) electrons. The van der Waals surface area contributed by atoms with Crippen molar-refractivity contribution in [2.45, 2.75) is 6.92 Å². The molecule has 0 bridgehead atoms. The van der Waals surface area contributed by atoms with Crippen LogP contribution in [-0.2, 0) is 0 Å². The molecule has 0 spiro atoms. The molecule has 4 rings (SSSR count). The Bertz CT molecular complexity index is 1030. The number of rotatable bonds is 0. The minimum atomic E-state index is 0.0326. The zero-order valence-electron chi connectivity index (χ0n) is 11.0. The fourth-order valence-electron chi connectivity index (χ4n) is 2.69. The van der Waals surface area contributed by atoms with Crippen LogP contribution in [0.1, 0.15) is 5.56 Å². The van der Waals surface area contributed by atoms with Gasteiger partial charge < -0.3 is 4.42 Å². The van der Waals surface area contributed by atoms with Crippen molar-refractivity contribution in [3.8, 4) is 0 Å². The SMILES string of the molecule is Cc1ccc2ccc3c(=O)c4ccccc4oc3c2c1. The molecular weight excluding hydrogens is 248 g/mol. The summed E-state index contributed by atoms with van der Waals surface area (Å²) in [6.45, 7) is 2.04. The summed E-state index contributed by atoms with van der Waals surface area (Å²) in [6.07, 6.45) is 0. The van der Waals surface area contributed by atoms with Crippen LogP contribution in [0.4, 0.5) is 0 Å². The van der Waals surface area contributed by atoms with Gasteiger partial charge in [0.05, 0.1) is 10.8 Å². The molecule has 2 nitrogen and oxygen atoms in total. The molecule has 4 aromatic rings. The van der Waals surface area contributed by atoms with Crippen molar-refractivity contribution >= 4 is 32.7 Å². The lowest BCUT2D eigenvalue weighted by molar-refractivity contribution is 0.664. The lowest BCUT2D eigenvalue weighted by Crippen LogP contribution is -2.01. The van der Waals surface area contributed by atoms with Crippen molar-refractivity contribution < 1.29 is 4.42 Å². The van der Waals surface area contributed by atoms with Gasteiger partial charge in [-0.2, -0.15) is 0 Å². The summed E-state index contributed by atoms with van der Waals surface area (Å²) in [5.74, 6) is 0. The maximum absolute atomic E-state index is 12.6. The summed E-state index contributed by atoms with van der Waals surface area (Å²) in [7, 11) is 0. The highest BCUT2D eigenvalue weighted by Crippen LogP contribution is 2.27. The number of hydrogen-bond acceptors (Lipinski definition) is 2. The van der Waals surface area contributed by atoms with Crippen LogP contribution in [0.25, 0.3) is 32.7 Å². The van der Waals surface area contributed by atoms with E-state index in [2.05, 4.69) is 18.2 Å². The molecule has 2 heteroatoms. The first-order chi connectivity index (χ1) is 9.74. The molecule has 0 aliphatic heterocycles. The molecule has 0 aliphatic rings. The topological polar surface area (TPSA) is 30.2 Å². The molecule has 3 aromatic carbocycles. The van der Waals surface area contributed by atoms with E-state index in [1.54, 1.807) is 6.07 Å². The van der Waals surface area contributed by atoms with Gasteiger partial charge in [-0.15, -0.1) is 0 Å². The van der Waals surface area contributed by atoms with E-state index < -0.39 is 0 Å². The van der Waals surface area contributed by atoms with Gasteiger partial charge in [0.1, 0.15) is 11.2 Å². The molecule has 0 saturated heterocycles. The Morgan fingerprint density at radius 3 is 2.55 bits per heavy atom. The highest BCUT2D eigenvalue weighted by Gasteiger charge is 2.10. The fourth-order valence-corrected chi connectivity index (χ4v) is 2.69. The van der Waals surface area contributed by atoms with Gasteiger partial charge in [0, 0.05) is 5.39 Å². The number of benzene rings is 3. The molecule has 96 valence electrons. The highest BCUT2D eigenvalue weighted by atomic mass is 16.3. The van der Waals surface area contributed by atoms with Crippen LogP contribution in [0.3, 0.4) is 0 Å². The summed E-state index contributed by atoms with van der Waals surface area (Å²) in [5, 5.41) is 3.35. The number of para-hydroxylation sites is 1. The normalized spacial score (nSPS) is 11.4. The van der Waals surface area contributed by atoms with Crippen molar-refractivity contribution in [3.63, 3.8) is 0 Å². The summed E-state index contributed by atoms with van der Waals surface area (Å²) >= 11 is 0. The van der Waals surface area contributed by atoms with Gasteiger partial charge in [0.25, 0.3) is 0 Å². The van der Waals surface area contributed by atoms with E-state index >= 15 is 0 Å². The Morgan fingerprint density at radius 1 is 0.850 bits per heavy atom. The minimum Gasteiger partial charge on any atom is -0.455 e. The third-order valence-electron chi connectivity index (χ3n) is 3.72. The van der Waals surface area contributed by atoms with E-state index in [0.29, 0.717) is 21.9 Å². The van der Waals surface area contributed by atoms with E-state index in [-0.39, 0.29) is 5.43 Å². The molecule has 0 aliphatic carbocycles. The van der Waals surface area contributed by atoms with Crippen molar-refractivity contribution in [3.05, 3.63) is 70.4 Å². The summed E-state index contributed by atoms with van der Waals surface area (Å²) in [4.78, 5) is 12.6. The molecule has 1 heterocycles. The van der Waals surface area contributed by atoms with E-state index in [0.717, 1.165) is 16.3 Å². The van der Waals surface area contributed by atoms with Gasteiger partial charge in [-0.3, -0.25) is 4.79 Å². The van der Waals surface area contributed by atoms with Crippen LogP contribution < -0.4 is 5.43 Å². The lowest BCUT2D eigenvalue weighted by atomic mass is 10.0.